The van der Waals surface area contributed by atoms with Gasteiger partial charge in [0.1, 0.15) is 0 Å². The first-order valence-electron chi connectivity index (χ1n) is 5.69. The van der Waals surface area contributed by atoms with E-state index in [0.29, 0.717) is 6.42 Å². The Morgan fingerprint density at radius 1 is 1.33 bits per heavy atom. The summed E-state index contributed by atoms with van der Waals surface area (Å²) in [5.41, 5.74) is 1.82. The Bertz CT molecular complexity index is 320. The van der Waals surface area contributed by atoms with Crippen LogP contribution in [0.15, 0.2) is 18.5 Å². The fourth-order valence-electron chi connectivity index (χ4n) is 1.60. The Labute approximate surface area is 91.7 Å². The first-order chi connectivity index (χ1) is 7.25. The fourth-order valence-corrected chi connectivity index (χ4v) is 1.60. The van der Waals surface area contributed by atoms with Crippen LogP contribution in [0.2, 0.25) is 0 Å². The topological polar surface area (TPSA) is 30.0 Å². The fraction of sp³-hybridized carbons (Fsp3) is 0.538. The lowest BCUT2D eigenvalue weighted by Gasteiger charge is -2.03. The first kappa shape index (κ1) is 11.9. The van der Waals surface area contributed by atoms with Crippen molar-refractivity contribution in [1.29, 1.82) is 0 Å². The number of hydrogen-bond donors (Lipinski definition) is 0. The molecule has 0 unspecified atom stereocenters. The molecule has 0 aliphatic heterocycles. The number of aromatic nitrogens is 1. The molecule has 1 aromatic rings. The van der Waals surface area contributed by atoms with Gasteiger partial charge in [-0.1, -0.05) is 26.2 Å². The monoisotopic (exact) mass is 205 g/mol. The number of hydrogen-bond acceptors (Lipinski definition) is 2. The van der Waals surface area contributed by atoms with Crippen LogP contribution in [0.25, 0.3) is 0 Å². The summed E-state index contributed by atoms with van der Waals surface area (Å²) in [6.45, 7) is 4.13. The normalized spacial score (nSPS) is 10.3. The van der Waals surface area contributed by atoms with Gasteiger partial charge in [0.25, 0.3) is 0 Å². The zero-order valence-corrected chi connectivity index (χ0v) is 9.62. The Morgan fingerprint density at radius 3 is 2.80 bits per heavy atom. The molecule has 0 saturated carbocycles. The average molecular weight is 205 g/mol. The minimum Gasteiger partial charge on any atom is -0.294 e. The van der Waals surface area contributed by atoms with Crippen molar-refractivity contribution in [1.82, 2.24) is 4.98 Å². The Balaban J connectivity index is 2.44. The third-order valence-corrected chi connectivity index (χ3v) is 2.60. The van der Waals surface area contributed by atoms with Gasteiger partial charge in [0.05, 0.1) is 0 Å². The van der Waals surface area contributed by atoms with Gasteiger partial charge in [-0.25, -0.2) is 0 Å². The molecule has 0 atom stereocenters. The molecule has 0 radical (unpaired) electrons. The Morgan fingerprint density at radius 2 is 2.13 bits per heavy atom. The molecule has 1 heterocycles. The van der Waals surface area contributed by atoms with Gasteiger partial charge in [-0.3, -0.25) is 9.78 Å². The van der Waals surface area contributed by atoms with Crippen LogP contribution in [-0.2, 0) is 0 Å². The van der Waals surface area contributed by atoms with Gasteiger partial charge in [-0.2, -0.15) is 0 Å². The molecule has 2 heteroatoms. The van der Waals surface area contributed by atoms with Crippen molar-refractivity contribution in [2.75, 3.05) is 0 Å². The van der Waals surface area contributed by atoms with Gasteiger partial charge in [-0.15, -0.1) is 0 Å². The van der Waals surface area contributed by atoms with Crippen molar-refractivity contribution in [2.45, 2.75) is 46.0 Å². The zero-order valence-electron chi connectivity index (χ0n) is 9.62. The number of Topliss-reactive ketones (excluding diaryl/α,β-unsaturated/α-hetero) is 1. The van der Waals surface area contributed by atoms with Crippen LogP contribution in [0.4, 0.5) is 0 Å². The van der Waals surface area contributed by atoms with Gasteiger partial charge < -0.3 is 0 Å². The summed E-state index contributed by atoms with van der Waals surface area (Å²) in [6, 6.07) is 1.89. The van der Waals surface area contributed by atoms with Gasteiger partial charge >= 0.3 is 0 Å². The molecule has 15 heavy (non-hydrogen) atoms. The molecule has 0 aromatic carbocycles. The van der Waals surface area contributed by atoms with E-state index in [4.69, 9.17) is 0 Å². The van der Waals surface area contributed by atoms with E-state index in [1.165, 1.54) is 12.8 Å². The molecule has 0 aliphatic rings. The van der Waals surface area contributed by atoms with Crippen LogP contribution < -0.4 is 0 Å². The number of ketones is 1. The van der Waals surface area contributed by atoms with E-state index in [0.717, 1.165) is 24.0 Å². The molecular formula is C13H19NO. The van der Waals surface area contributed by atoms with Crippen molar-refractivity contribution < 1.29 is 4.79 Å². The summed E-state index contributed by atoms with van der Waals surface area (Å²) in [6.07, 6.45) is 8.65. The molecule has 0 N–H and O–H groups in total. The SMILES string of the molecule is CCCCCCC(=O)c1cnccc1C. The second-order valence-corrected chi connectivity index (χ2v) is 3.92. The molecule has 1 aromatic heterocycles. The third-order valence-electron chi connectivity index (χ3n) is 2.60. The molecule has 0 amide bonds. The molecule has 0 aliphatic carbocycles. The van der Waals surface area contributed by atoms with Crippen LogP contribution in [0.3, 0.4) is 0 Å². The van der Waals surface area contributed by atoms with Crippen LogP contribution in [0, 0.1) is 6.92 Å². The van der Waals surface area contributed by atoms with Crippen LogP contribution in [0.1, 0.15) is 54.9 Å². The number of rotatable bonds is 6. The predicted octanol–water partition coefficient (Wildman–Crippen LogP) is 3.54. The van der Waals surface area contributed by atoms with Crippen molar-refractivity contribution in [3.63, 3.8) is 0 Å². The average Bonchev–Trinajstić information content (AvgIpc) is 2.25. The van der Waals surface area contributed by atoms with Gasteiger partial charge in [-0.05, 0) is 25.0 Å². The summed E-state index contributed by atoms with van der Waals surface area (Å²) in [5.74, 6) is 0.233. The largest absolute Gasteiger partial charge is 0.294 e. The van der Waals surface area contributed by atoms with Crippen molar-refractivity contribution >= 4 is 5.78 Å². The molecular weight excluding hydrogens is 186 g/mol. The smallest absolute Gasteiger partial charge is 0.164 e. The highest BCUT2D eigenvalue weighted by Crippen LogP contribution is 2.11. The minimum absolute atomic E-state index is 0.233. The first-order valence-corrected chi connectivity index (χ1v) is 5.69. The quantitative estimate of drug-likeness (QED) is 0.525. The van der Waals surface area contributed by atoms with E-state index in [1.807, 2.05) is 13.0 Å². The summed E-state index contributed by atoms with van der Waals surface area (Å²) in [7, 11) is 0. The lowest BCUT2D eigenvalue weighted by molar-refractivity contribution is 0.0978. The maximum Gasteiger partial charge on any atom is 0.164 e. The van der Waals surface area contributed by atoms with Crippen molar-refractivity contribution in [3.8, 4) is 0 Å². The molecule has 0 fully saturated rings. The van der Waals surface area contributed by atoms with E-state index in [1.54, 1.807) is 12.4 Å². The summed E-state index contributed by atoms with van der Waals surface area (Å²) in [4.78, 5) is 15.8. The maximum absolute atomic E-state index is 11.8. The highest BCUT2D eigenvalue weighted by atomic mass is 16.1. The van der Waals surface area contributed by atoms with Crippen molar-refractivity contribution in [3.05, 3.63) is 29.6 Å². The van der Waals surface area contributed by atoms with Gasteiger partial charge in [0, 0.05) is 24.4 Å². The number of pyridine rings is 1. The lowest BCUT2D eigenvalue weighted by atomic mass is 10.0. The second-order valence-electron chi connectivity index (χ2n) is 3.92. The molecule has 0 saturated heterocycles. The minimum atomic E-state index is 0.233. The summed E-state index contributed by atoms with van der Waals surface area (Å²) >= 11 is 0. The van der Waals surface area contributed by atoms with Gasteiger partial charge in [0.2, 0.25) is 0 Å². The van der Waals surface area contributed by atoms with Crippen molar-refractivity contribution in [2.24, 2.45) is 0 Å². The Kier molecular flexibility index (Phi) is 5.02. The Hall–Kier alpha value is -1.18. The predicted molar refractivity (Wildman–Crippen MR) is 62.1 cm³/mol. The molecule has 1 rings (SSSR count). The number of carbonyl (C=O) groups excluding carboxylic acids is 1. The highest BCUT2D eigenvalue weighted by molar-refractivity contribution is 5.97. The third kappa shape index (κ3) is 3.82. The summed E-state index contributed by atoms with van der Waals surface area (Å²) < 4.78 is 0. The lowest BCUT2D eigenvalue weighted by Crippen LogP contribution is -2.02. The molecule has 0 bridgehead atoms. The standard InChI is InChI=1S/C13H19NO/c1-3-4-5-6-7-13(15)12-10-14-9-8-11(12)2/h8-10H,3-7H2,1-2H3. The van der Waals surface area contributed by atoms with Crippen LogP contribution in [0.5, 0.6) is 0 Å². The van der Waals surface area contributed by atoms with E-state index in [-0.39, 0.29) is 5.78 Å². The maximum atomic E-state index is 11.8. The molecule has 0 spiro atoms. The van der Waals surface area contributed by atoms with E-state index < -0.39 is 0 Å². The van der Waals surface area contributed by atoms with E-state index >= 15 is 0 Å². The molecule has 82 valence electrons. The molecule has 2 nitrogen and oxygen atoms in total. The highest BCUT2D eigenvalue weighted by Gasteiger charge is 2.07. The van der Waals surface area contributed by atoms with Crippen LogP contribution in [-0.4, -0.2) is 10.8 Å². The zero-order chi connectivity index (χ0) is 11.1. The van der Waals surface area contributed by atoms with E-state index in [2.05, 4.69) is 11.9 Å². The number of nitrogens with zero attached hydrogens (tertiary/aromatic N) is 1. The second kappa shape index (κ2) is 6.33. The van der Waals surface area contributed by atoms with Gasteiger partial charge in [0.15, 0.2) is 5.78 Å². The number of unbranched alkanes of at least 4 members (excludes halogenated alkanes) is 3. The van der Waals surface area contributed by atoms with E-state index in [9.17, 15) is 4.79 Å². The number of carbonyl (C=O) groups is 1. The number of aryl methyl sites for hydroxylation is 1. The van der Waals surface area contributed by atoms with Crippen LogP contribution >= 0.6 is 0 Å². The summed E-state index contributed by atoms with van der Waals surface area (Å²) in [5, 5.41) is 0.